The van der Waals surface area contributed by atoms with Crippen LogP contribution in [0.15, 0.2) is 29.3 Å². The summed E-state index contributed by atoms with van der Waals surface area (Å²) >= 11 is 0. The third kappa shape index (κ3) is 11.6. The zero-order chi connectivity index (χ0) is 19.4. The number of aliphatic imine (C=N–C) groups is 1. The summed E-state index contributed by atoms with van der Waals surface area (Å²) < 4.78 is 10.8. The largest absolute Gasteiger partial charge is 0.494 e. The van der Waals surface area contributed by atoms with Crippen molar-refractivity contribution in [2.24, 2.45) is 4.99 Å². The van der Waals surface area contributed by atoms with Crippen LogP contribution in [0.2, 0.25) is 0 Å². The van der Waals surface area contributed by atoms with Crippen LogP contribution in [0.25, 0.3) is 0 Å². The molecule has 3 N–H and O–H groups in total. The third-order valence-electron chi connectivity index (χ3n) is 3.11. The van der Waals surface area contributed by atoms with Crippen LogP contribution in [-0.4, -0.2) is 43.9 Å². The number of nitrogens with one attached hydrogen (secondary N) is 3. The van der Waals surface area contributed by atoms with E-state index in [4.69, 9.17) is 9.47 Å². The number of para-hydroxylation sites is 1. The van der Waals surface area contributed by atoms with Gasteiger partial charge in [0.05, 0.1) is 13.2 Å². The minimum Gasteiger partial charge on any atom is -0.494 e. The maximum atomic E-state index is 11.6. The second kappa shape index (κ2) is 13.5. The molecule has 0 heterocycles. The normalized spacial score (nSPS) is 11.2. The summed E-state index contributed by atoms with van der Waals surface area (Å²) in [5, 5.41) is 9.08. The first kappa shape index (κ1) is 25.3. The maximum Gasteiger partial charge on any atom is 0.407 e. The zero-order valence-electron chi connectivity index (χ0n) is 16.9. The molecule has 1 amide bonds. The van der Waals surface area contributed by atoms with E-state index in [2.05, 4.69) is 20.9 Å². The monoisotopic (exact) mass is 492 g/mol. The molecule has 0 atom stereocenters. The topological polar surface area (TPSA) is 84.0 Å². The molecule has 0 aliphatic carbocycles. The van der Waals surface area contributed by atoms with Crippen molar-refractivity contribution in [3.63, 3.8) is 0 Å². The Hall–Kier alpha value is -1.71. The van der Waals surface area contributed by atoms with Gasteiger partial charge in [-0.25, -0.2) is 9.79 Å². The van der Waals surface area contributed by atoms with Crippen LogP contribution in [0, 0.1) is 0 Å². The number of rotatable bonds is 8. The minimum absolute atomic E-state index is 0. The Bertz CT molecular complexity index is 589. The van der Waals surface area contributed by atoms with E-state index in [0.29, 0.717) is 32.2 Å². The van der Waals surface area contributed by atoms with Crippen molar-refractivity contribution in [2.45, 2.75) is 46.8 Å². The summed E-state index contributed by atoms with van der Waals surface area (Å²) in [6.45, 7) is 12.3. The van der Waals surface area contributed by atoms with E-state index in [-0.39, 0.29) is 24.0 Å². The van der Waals surface area contributed by atoms with Gasteiger partial charge in [-0.3, -0.25) is 0 Å². The molecule has 1 aromatic rings. The molecule has 1 rings (SSSR count). The number of nitrogens with zero attached hydrogens (tertiary/aromatic N) is 1. The Morgan fingerprint density at radius 1 is 1.07 bits per heavy atom. The third-order valence-corrected chi connectivity index (χ3v) is 3.11. The number of carbonyl (C=O) groups is 1. The van der Waals surface area contributed by atoms with Gasteiger partial charge in [0.15, 0.2) is 5.96 Å². The predicted molar refractivity (Wildman–Crippen MR) is 120 cm³/mol. The fraction of sp³-hybridized carbons (Fsp3) is 0.579. The standard InChI is InChI=1S/C19H32N4O3.HI/c1-6-20-17(21-12-13-22-18(24)26-19(3,4)5)23-14-15-10-8-9-11-16(15)25-7-2;/h8-11H,6-7,12-14H2,1-5H3,(H,22,24)(H2,20,21,23);1H. The van der Waals surface area contributed by atoms with Gasteiger partial charge in [0.1, 0.15) is 11.4 Å². The first-order valence-electron chi connectivity index (χ1n) is 9.05. The highest BCUT2D eigenvalue weighted by Gasteiger charge is 2.15. The van der Waals surface area contributed by atoms with Gasteiger partial charge in [0, 0.05) is 25.2 Å². The van der Waals surface area contributed by atoms with Gasteiger partial charge >= 0.3 is 6.09 Å². The molecule has 0 fully saturated rings. The molecule has 0 saturated heterocycles. The van der Waals surface area contributed by atoms with E-state index < -0.39 is 11.7 Å². The lowest BCUT2D eigenvalue weighted by Crippen LogP contribution is -2.42. The minimum atomic E-state index is -0.498. The number of hydrogen-bond donors (Lipinski definition) is 3. The molecule has 154 valence electrons. The molecule has 0 radical (unpaired) electrons. The van der Waals surface area contributed by atoms with E-state index >= 15 is 0 Å². The Morgan fingerprint density at radius 2 is 1.74 bits per heavy atom. The molecule has 1 aromatic carbocycles. The number of amides is 1. The van der Waals surface area contributed by atoms with Gasteiger partial charge in [0.25, 0.3) is 0 Å². The molecule has 0 bridgehead atoms. The van der Waals surface area contributed by atoms with E-state index in [1.807, 2.05) is 58.9 Å². The molecule has 27 heavy (non-hydrogen) atoms. The number of carbonyl (C=O) groups excluding carboxylic acids is 1. The van der Waals surface area contributed by atoms with Crippen molar-refractivity contribution >= 4 is 36.0 Å². The van der Waals surface area contributed by atoms with Crippen molar-refractivity contribution in [2.75, 3.05) is 26.2 Å². The molecule has 0 saturated carbocycles. The van der Waals surface area contributed by atoms with E-state index in [1.165, 1.54) is 0 Å². The highest BCUT2D eigenvalue weighted by Crippen LogP contribution is 2.18. The van der Waals surface area contributed by atoms with E-state index in [9.17, 15) is 4.79 Å². The van der Waals surface area contributed by atoms with Gasteiger partial charge in [0.2, 0.25) is 0 Å². The lowest BCUT2D eigenvalue weighted by molar-refractivity contribution is 0.0529. The van der Waals surface area contributed by atoms with Gasteiger partial charge in [-0.1, -0.05) is 18.2 Å². The summed E-state index contributed by atoms with van der Waals surface area (Å²) in [6.07, 6.45) is -0.424. The Morgan fingerprint density at radius 3 is 2.37 bits per heavy atom. The van der Waals surface area contributed by atoms with Crippen LogP contribution < -0.4 is 20.7 Å². The zero-order valence-corrected chi connectivity index (χ0v) is 19.3. The van der Waals surface area contributed by atoms with Gasteiger partial charge in [-0.05, 0) is 40.7 Å². The van der Waals surface area contributed by atoms with Gasteiger partial charge in [-0.2, -0.15) is 0 Å². The van der Waals surface area contributed by atoms with Gasteiger partial charge in [-0.15, -0.1) is 24.0 Å². The molecule has 7 nitrogen and oxygen atoms in total. The fourth-order valence-electron chi connectivity index (χ4n) is 2.10. The van der Waals surface area contributed by atoms with Crippen molar-refractivity contribution in [1.82, 2.24) is 16.0 Å². The molecular weight excluding hydrogens is 459 g/mol. The smallest absolute Gasteiger partial charge is 0.407 e. The van der Waals surface area contributed by atoms with E-state index in [1.54, 1.807) is 0 Å². The van der Waals surface area contributed by atoms with Gasteiger partial charge < -0.3 is 25.4 Å². The average molecular weight is 492 g/mol. The number of ether oxygens (including phenoxy) is 2. The molecule has 0 aromatic heterocycles. The number of guanidine groups is 1. The van der Waals surface area contributed by atoms with Crippen LogP contribution >= 0.6 is 24.0 Å². The Balaban J connectivity index is 0.00000676. The second-order valence-corrected chi connectivity index (χ2v) is 6.59. The number of hydrogen-bond acceptors (Lipinski definition) is 4. The van der Waals surface area contributed by atoms with Crippen LogP contribution in [-0.2, 0) is 11.3 Å². The predicted octanol–water partition coefficient (Wildman–Crippen LogP) is 3.28. The lowest BCUT2D eigenvalue weighted by atomic mass is 10.2. The SMILES string of the molecule is CCNC(=NCc1ccccc1OCC)NCCNC(=O)OC(C)(C)C.I. The van der Waals surface area contributed by atoms with Crippen molar-refractivity contribution < 1.29 is 14.3 Å². The molecular formula is C19H33IN4O3. The summed E-state index contributed by atoms with van der Waals surface area (Å²) in [7, 11) is 0. The number of benzene rings is 1. The molecule has 0 aliphatic rings. The summed E-state index contributed by atoms with van der Waals surface area (Å²) in [4.78, 5) is 16.2. The fourth-order valence-corrected chi connectivity index (χ4v) is 2.10. The first-order valence-corrected chi connectivity index (χ1v) is 9.05. The summed E-state index contributed by atoms with van der Waals surface area (Å²) in [5.41, 5.74) is 0.528. The second-order valence-electron chi connectivity index (χ2n) is 6.59. The average Bonchev–Trinajstić information content (AvgIpc) is 2.56. The number of alkyl carbamates (subject to hydrolysis) is 1. The quantitative estimate of drug-likeness (QED) is 0.225. The Labute approximate surface area is 179 Å². The number of halogens is 1. The van der Waals surface area contributed by atoms with Crippen LogP contribution in [0.1, 0.15) is 40.2 Å². The molecule has 0 unspecified atom stereocenters. The first-order chi connectivity index (χ1) is 12.4. The highest BCUT2D eigenvalue weighted by molar-refractivity contribution is 14.0. The molecule has 0 aliphatic heterocycles. The molecule has 8 heteroatoms. The van der Waals surface area contributed by atoms with Crippen LogP contribution in [0.5, 0.6) is 5.75 Å². The molecule has 0 spiro atoms. The lowest BCUT2D eigenvalue weighted by Gasteiger charge is -2.20. The van der Waals surface area contributed by atoms with Crippen molar-refractivity contribution in [3.8, 4) is 5.75 Å². The van der Waals surface area contributed by atoms with Crippen molar-refractivity contribution in [1.29, 1.82) is 0 Å². The maximum absolute atomic E-state index is 11.6. The van der Waals surface area contributed by atoms with E-state index in [0.717, 1.165) is 17.9 Å². The summed E-state index contributed by atoms with van der Waals surface area (Å²) in [5.74, 6) is 1.53. The van der Waals surface area contributed by atoms with Crippen molar-refractivity contribution in [3.05, 3.63) is 29.8 Å². The Kier molecular flexibility index (Phi) is 12.6. The highest BCUT2D eigenvalue weighted by atomic mass is 127. The summed E-state index contributed by atoms with van der Waals surface area (Å²) in [6, 6.07) is 7.87. The van der Waals surface area contributed by atoms with Crippen LogP contribution in [0.3, 0.4) is 0 Å². The van der Waals surface area contributed by atoms with Crippen LogP contribution in [0.4, 0.5) is 4.79 Å².